The van der Waals surface area contributed by atoms with E-state index in [1.165, 1.54) is 19.3 Å². The van der Waals surface area contributed by atoms with Gasteiger partial charge in [0.15, 0.2) is 0 Å². The van der Waals surface area contributed by atoms with Gasteiger partial charge in [-0.25, -0.2) is 0 Å². The quantitative estimate of drug-likeness (QED) is 0.709. The third kappa shape index (κ3) is 3.69. The number of carbonyl (C=O) groups is 1. The van der Waals surface area contributed by atoms with Gasteiger partial charge in [-0.1, -0.05) is 25.7 Å². The molecule has 4 nitrogen and oxygen atoms in total. The summed E-state index contributed by atoms with van der Waals surface area (Å²) in [5, 5.41) is 15.8. The summed E-state index contributed by atoms with van der Waals surface area (Å²) in [6.07, 6.45) is 9.69. The summed E-state index contributed by atoms with van der Waals surface area (Å²) in [4.78, 5) is 12.3. The smallest absolute Gasteiger partial charge is 0.222 e. The first-order chi connectivity index (χ1) is 9.19. The molecule has 2 rings (SSSR count). The number of aliphatic hydroxyl groups is 1. The molecule has 0 spiro atoms. The van der Waals surface area contributed by atoms with Gasteiger partial charge in [-0.15, -0.1) is 0 Å². The van der Waals surface area contributed by atoms with Crippen LogP contribution < -0.4 is 10.6 Å². The van der Waals surface area contributed by atoms with Crippen molar-refractivity contribution in [2.24, 2.45) is 5.92 Å². The molecule has 2 aliphatic carbocycles. The van der Waals surface area contributed by atoms with Crippen LogP contribution in [0.5, 0.6) is 0 Å². The Balaban J connectivity index is 1.85. The van der Waals surface area contributed by atoms with Crippen LogP contribution in [0, 0.1) is 5.92 Å². The van der Waals surface area contributed by atoms with Crippen molar-refractivity contribution in [3.05, 3.63) is 0 Å². The van der Waals surface area contributed by atoms with E-state index in [9.17, 15) is 9.90 Å². The maximum absolute atomic E-state index is 12.3. The SMILES string of the molecule is CNC1(CC(=O)NC2CCCC2CO)CCCCC1. The van der Waals surface area contributed by atoms with E-state index in [1.807, 2.05) is 7.05 Å². The molecule has 0 saturated heterocycles. The predicted octanol–water partition coefficient (Wildman–Crippen LogP) is 1.58. The molecule has 2 saturated carbocycles. The van der Waals surface area contributed by atoms with Crippen LogP contribution in [0.15, 0.2) is 0 Å². The number of aliphatic hydroxyl groups excluding tert-OH is 1. The molecule has 110 valence electrons. The van der Waals surface area contributed by atoms with Gasteiger partial charge in [0.05, 0.1) is 0 Å². The molecule has 0 aromatic rings. The van der Waals surface area contributed by atoms with Gasteiger partial charge in [-0.3, -0.25) is 4.79 Å². The van der Waals surface area contributed by atoms with Crippen molar-refractivity contribution in [2.45, 2.75) is 69.4 Å². The molecule has 0 radical (unpaired) electrons. The minimum absolute atomic E-state index is 0.00957. The average Bonchev–Trinajstić information content (AvgIpc) is 2.86. The topological polar surface area (TPSA) is 61.4 Å². The van der Waals surface area contributed by atoms with Crippen molar-refractivity contribution in [1.29, 1.82) is 0 Å². The second-order valence-corrected chi connectivity index (χ2v) is 6.32. The van der Waals surface area contributed by atoms with E-state index in [1.54, 1.807) is 0 Å². The van der Waals surface area contributed by atoms with Crippen LogP contribution in [0.4, 0.5) is 0 Å². The van der Waals surface area contributed by atoms with Crippen LogP contribution in [0.25, 0.3) is 0 Å². The highest BCUT2D eigenvalue weighted by Gasteiger charge is 2.34. The van der Waals surface area contributed by atoms with Gasteiger partial charge < -0.3 is 15.7 Å². The van der Waals surface area contributed by atoms with E-state index >= 15 is 0 Å². The van der Waals surface area contributed by atoms with Crippen molar-refractivity contribution in [2.75, 3.05) is 13.7 Å². The molecule has 2 aliphatic rings. The highest BCUT2D eigenvalue weighted by molar-refractivity contribution is 5.77. The molecule has 4 heteroatoms. The number of hydrogen-bond donors (Lipinski definition) is 3. The Morgan fingerprint density at radius 3 is 2.58 bits per heavy atom. The van der Waals surface area contributed by atoms with Gasteiger partial charge in [0.1, 0.15) is 0 Å². The first-order valence-corrected chi connectivity index (χ1v) is 7.78. The first-order valence-electron chi connectivity index (χ1n) is 7.78. The highest BCUT2D eigenvalue weighted by Crippen LogP contribution is 2.31. The summed E-state index contributed by atoms with van der Waals surface area (Å²) in [7, 11) is 1.98. The van der Waals surface area contributed by atoms with Crippen LogP contribution >= 0.6 is 0 Å². The van der Waals surface area contributed by atoms with E-state index < -0.39 is 0 Å². The number of hydrogen-bond acceptors (Lipinski definition) is 3. The van der Waals surface area contributed by atoms with Gasteiger partial charge in [-0.2, -0.15) is 0 Å². The van der Waals surface area contributed by atoms with Crippen LogP contribution in [-0.2, 0) is 4.79 Å². The van der Waals surface area contributed by atoms with Crippen LogP contribution in [0.1, 0.15) is 57.8 Å². The van der Waals surface area contributed by atoms with Crippen LogP contribution in [0.3, 0.4) is 0 Å². The highest BCUT2D eigenvalue weighted by atomic mass is 16.3. The second kappa shape index (κ2) is 6.71. The van der Waals surface area contributed by atoms with E-state index in [4.69, 9.17) is 0 Å². The predicted molar refractivity (Wildman–Crippen MR) is 75.9 cm³/mol. The molecule has 19 heavy (non-hydrogen) atoms. The van der Waals surface area contributed by atoms with E-state index in [2.05, 4.69) is 10.6 Å². The standard InChI is InChI=1S/C15H28N2O2/c1-16-15(8-3-2-4-9-15)10-14(19)17-13-7-5-6-12(13)11-18/h12-13,16,18H,2-11H2,1H3,(H,17,19). The monoisotopic (exact) mass is 268 g/mol. The summed E-state index contributed by atoms with van der Waals surface area (Å²) in [6, 6.07) is 0.190. The van der Waals surface area contributed by atoms with Gasteiger partial charge in [0.25, 0.3) is 0 Å². The normalized spacial score (nSPS) is 30.2. The lowest BCUT2D eigenvalue weighted by Gasteiger charge is -2.37. The van der Waals surface area contributed by atoms with Crippen molar-refractivity contribution in [1.82, 2.24) is 10.6 Å². The lowest BCUT2D eigenvalue weighted by Crippen LogP contribution is -2.50. The van der Waals surface area contributed by atoms with E-state index in [-0.39, 0.29) is 30.0 Å². The van der Waals surface area contributed by atoms with Crippen LogP contribution in [0.2, 0.25) is 0 Å². The van der Waals surface area contributed by atoms with Crippen molar-refractivity contribution < 1.29 is 9.90 Å². The lowest BCUT2D eigenvalue weighted by atomic mass is 9.79. The fourth-order valence-electron chi connectivity index (χ4n) is 3.75. The van der Waals surface area contributed by atoms with Gasteiger partial charge in [-0.05, 0) is 32.7 Å². The van der Waals surface area contributed by atoms with E-state index in [0.29, 0.717) is 6.42 Å². The first kappa shape index (κ1) is 14.8. The zero-order valence-electron chi connectivity index (χ0n) is 12.1. The second-order valence-electron chi connectivity index (χ2n) is 6.32. The zero-order chi connectivity index (χ0) is 13.7. The van der Waals surface area contributed by atoms with Gasteiger partial charge >= 0.3 is 0 Å². The Morgan fingerprint density at radius 1 is 1.21 bits per heavy atom. The fraction of sp³-hybridized carbons (Fsp3) is 0.933. The molecule has 0 aliphatic heterocycles. The van der Waals surface area contributed by atoms with Crippen molar-refractivity contribution >= 4 is 5.91 Å². The number of rotatable bonds is 5. The Hall–Kier alpha value is -0.610. The Morgan fingerprint density at radius 2 is 1.95 bits per heavy atom. The Labute approximate surface area is 116 Å². The summed E-state index contributed by atoms with van der Waals surface area (Å²) >= 11 is 0. The molecular formula is C15H28N2O2. The largest absolute Gasteiger partial charge is 0.396 e. The van der Waals surface area contributed by atoms with Crippen molar-refractivity contribution in [3.63, 3.8) is 0 Å². The van der Waals surface area contributed by atoms with Crippen LogP contribution in [-0.4, -0.2) is 36.2 Å². The number of carbonyl (C=O) groups excluding carboxylic acids is 1. The molecular weight excluding hydrogens is 240 g/mol. The molecule has 0 heterocycles. The van der Waals surface area contributed by atoms with E-state index in [0.717, 1.165) is 32.1 Å². The maximum atomic E-state index is 12.3. The third-order valence-electron chi connectivity index (χ3n) is 5.08. The molecule has 2 atom stereocenters. The zero-order valence-corrected chi connectivity index (χ0v) is 12.1. The maximum Gasteiger partial charge on any atom is 0.222 e. The molecule has 1 amide bonds. The number of amides is 1. The summed E-state index contributed by atoms with van der Waals surface area (Å²) < 4.78 is 0. The molecule has 3 N–H and O–H groups in total. The summed E-state index contributed by atoms with van der Waals surface area (Å²) in [5.41, 5.74) is 0.00957. The minimum Gasteiger partial charge on any atom is -0.396 e. The van der Waals surface area contributed by atoms with Gasteiger partial charge in [0, 0.05) is 30.5 Å². The fourth-order valence-corrected chi connectivity index (χ4v) is 3.75. The average molecular weight is 268 g/mol. The molecule has 0 bridgehead atoms. The molecule has 2 unspecified atom stereocenters. The minimum atomic E-state index is 0.00957. The molecule has 0 aromatic carbocycles. The summed E-state index contributed by atoms with van der Waals surface area (Å²) in [5.74, 6) is 0.419. The summed E-state index contributed by atoms with van der Waals surface area (Å²) in [6.45, 7) is 0.197. The third-order valence-corrected chi connectivity index (χ3v) is 5.08. The van der Waals surface area contributed by atoms with Crippen molar-refractivity contribution in [3.8, 4) is 0 Å². The molecule has 2 fully saturated rings. The lowest BCUT2D eigenvalue weighted by molar-refractivity contribution is -0.123. The number of nitrogens with one attached hydrogen (secondary N) is 2. The van der Waals surface area contributed by atoms with Gasteiger partial charge in [0.2, 0.25) is 5.91 Å². The molecule has 0 aromatic heterocycles. The Kier molecular flexibility index (Phi) is 5.22. The Bertz CT molecular complexity index is 301.